The maximum atomic E-state index is 12.5. The monoisotopic (exact) mass is 1120 g/mol. The molecule has 0 aliphatic rings. The van der Waals surface area contributed by atoms with Crippen LogP contribution in [0.4, 0.5) is 0 Å². The average Bonchev–Trinajstić information content (AvgIpc) is 3.46. The molecule has 0 aliphatic heterocycles. The van der Waals surface area contributed by atoms with Gasteiger partial charge in [0.15, 0.2) is 0 Å². The van der Waals surface area contributed by atoms with Crippen molar-refractivity contribution in [1.29, 1.82) is 0 Å². The minimum Gasteiger partial charge on any atom is -0.466 e. The van der Waals surface area contributed by atoms with Crippen LogP contribution in [0, 0.1) is 0 Å². The summed E-state index contributed by atoms with van der Waals surface area (Å²) in [4.78, 5) is 24.6. The van der Waals surface area contributed by atoms with Gasteiger partial charge in [-0.25, -0.2) is 0 Å². The van der Waals surface area contributed by atoms with Gasteiger partial charge in [0.05, 0.1) is 25.4 Å². The molecule has 0 saturated carbocycles. The van der Waals surface area contributed by atoms with Crippen LogP contribution in [0.2, 0.25) is 0 Å². The third-order valence-electron chi connectivity index (χ3n) is 16.9. The quantitative estimate of drug-likeness (QED) is 0.0320. The van der Waals surface area contributed by atoms with Crippen LogP contribution >= 0.6 is 0 Å². The lowest BCUT2D eigenvalue weighted by molar-refractivity contribution is -0.143. The standard InChI is InChI=1S/C74H141NO5/c1-3-5-7-9-11-13-15-17-19-20-36-39-42-46-50-54-58-62-66-72(77)71(70-76)75-73(78)67-63-59-55-51-47-43-40-37-34-32-30-28-26-24-22-21-23-25-27-29-31-33-35-38-41-45-49-53-57-61-65-69-80-74(79)68-64-60-56-52-48-44-18-16-14-12-10-8-6-4-2/h16,18,23,25,62,66,71-72,76-77H,3-15,17,19-22,24,26-61,63-65,67-70H2,1-2H3,(H,75,78)/b18-16-,25-23-,66-62+. The molecular weight excluding hydrogens is 983 g/mol. The molecule has 472 valence electrons. The first kappa shape index (κ1) is 78.1. The predicted octanol–water partition coefficient (Wildman–Crippen LogP) is 23.5. The Morgan fingerprint density at radius 1 is 0.338 bits per heavy atom. The summed E-state index contributed by atoms with van der Waals surface area (Å²) in [7, 11) is 0. The molecule has 0 fully saturated rings. The van der Waals surface area contributed by atoms with Gasteiger partial charge in [0.2, 0.25) is 5.91 Å². The molecule has 6 heteroatoms. The van der Waals surface area contributed by atoms with Crippen LogP contribution < -0.4 is 5.32 Å². The zero-order chi connectivity index (χ0) is 57.8. The normalized spacial score (nSPS) is 12.7. The van der Waals surface area contributed by atoms with Crippen LogP contribution in [-0.4, -0.2) is 47.4 Å². The van der Waals surface area contributed by atoms with Gasteiger partial charge >= 0.3 is 5.97 Å². The summed E-state index contributed by atoms with van der Waals surface area (Å²) >= 11 is 0. The van der Waals surface area contributed by atoms with Crippen LogP contribution in [0.3, 0.4) is 0 Å². The number of allylic oxidation sites excluding steroid dienone is 5. The van der Waals surface area contributed by atoms with Gasteiger partial charge in [-0.2, -0.15) is 0 Å². The third kappa shape index (κ3) is 65.2. The lowest BCUT2D eigenvalue weighted by Crippen LogP contribution is -2.45. The van der Waals surface area contributed by atoms with Crippen LogP contribution in [-0.2, 0) is 14.3 Å². The van der Waals surface area contributed by atoms with E-state index in [0.29, 0.717) is 19.4 Å². The highest BCUT2D eigenvalue weighted by atomic mass is 16.5. The van der Waals surface area contributed by atoms with E-state index in [-0.39, 0.29) is 18.5 Å². The molecule has 1 amide bonds. The van der Waals surface area contributed by atoms with Gasteiger partial charge in [-0.1, -0.05) is 339 Å². The van der Waals surface area contributed by atoms with E-state index >= 15 is 0 Å². The minimum atomic E-state index is -0.844. The molecule has 2 unspecified atom stereocenters. The fraction of sp³-hybridized carbons (Fsp3) is 0.892. The Kier molecular flexibility index (Phi) is 67.9. The molecule has 0 bridgehead atoms. The van der Waals surface area contributed by atoms with Crippen LogP contribution in [0.25, 0.3) is 0 Å². The van der Waals surface area contributed by atoms with E-state index in [0.717, 1.165) is 44.9 Å². The van der Waals surface area contributed by atoms with Gasteiger partial charge in [0, 0.05) is 12.8 Å². The van der Waals surface area contributed by atoms with Gasteiger partial charge in [-0.3, -0.25) is 9.59 Å². The van der Waals surface area contributed by atoms with E-state index in [1.165, 1.54) is 327 Å². The molecule has 3 N–H and O–H groups in total. The number of aliphatic hydroxyl groups is 2. The molecule has 0 spiro atoms. The molecule has 0 heterocycles. The summed E-state index contributed by atoms with van der Waals surface area (Å²) in [5.74, 6) is -0.0535. The maximum absolute atomic E-state index is 12.5. The van der Waals surface area contributed by atoms with E-state index in [9.17, 15) is 19.8 Å². The number of aliphatic hydroxyl groups excluding tert-OH is 2. The number of rotatable bonds is 68. The summed E-state index contributed by atoms with van der Waals surface area (Å²) in [5, 5.41) is 23.2. The Morgan fingerprint density at radius 2 is 0.588 bits per heavy atom. The van der Waals surface area contributed by atoms with Crippen molar-refractivity contribution >= 4 is 11.9 Å². The van der Waals surface area contributed by atoms with Crippen LogP contribution in [0.5, 0.6) is 0 Å². The van der Waals surface area contributed by atoms with Crippen molar-refractivity contribution in [2.24, 2.45) is 0 Å². The van der Waals surface area contributed by atoms with E-state index < -0.39 is 12.1 Å². The number of carbonyl (C=O) groups is 2. The van der Waals surface area contributed by atoms with Gasteiger partial charge in [-0.15, -0.1) is 0 Å². The first-order chi connectivity index (χ1) is 39.5. The number of unbranched alkanes of at least 4 members (excludes halogenated alkanes) is 53. The molecule has 2 atom stereocenters. The van der Waals surface area contributed by atoms with Crippen LogP contribution in [0.15, 0.2) is 36.5 Å². The second-order valence-electron chi connectivity index (χ2n) is 24.9. The van der Waals surface area contributed by atoms with Gasteiger partial charge < -0.3 is 20.3 Å². The summed E-state index contributed by atoms with van der Waals surface area (Å²) < 4.78 is 5.49. The highest BCUT2D eigenvalue weighted by Gasteiger charge is 2.18. The van der Waals surface area contributed by atoms with Crippen molar-refractivity contribution < 1.29 is 24.5 Å². The lowest BCUT2D eigenvalue weighted by Gasteiger charge is -2.20. The molecule has 0 aromatic heterocycles. The van der Waals surface area contributed by atoms with Crippen molar-refractivity contribution in [3.05, 3.63) is 36.5 Å². The molecule has 0 rings (SSSR count). The highest BCUT2D eigenvalue weighted by molar-refractivity contribution is 5.76. The summed E-state index contributed by atoms with van der Waals surface area (Å²) in [5.41, 5.74) is 0. The molecule has 0 saturated heterocycles. The van der Waals surface area contributed by atoms with E-state index in [1.54, 1.807) is 6.08 Å². The second-order valence-corrected chi connectivity index (χ2v) is 24.9. The Morgan fingerprint density at radius 3 is 0.887 bits per heavy atom. The van der Waals surface area contributed by atoms with Crippen molar-refractivity contribution in [2.75, 3.05) is 13.2 Å². The number of ether oxygens (including phenoxy) is 1. The number of amides is 1. The molecule has 80 heavy (non-hydrogen) atoms. The van der Waals surface area contributed by atoms with Gasteiger partial charge in [-0.05, 0) is 83.5 Å². The average molecular weight is 1120 g/mol. The highest BCUT2D eigenvalue weighted by Crippen LogP contribution is 2.18. The largest absolute Gasteiger partial charge is 0.466 e. The molecule has 0 radical (unpaired) electrons. The molecule has 6 nitrogen and oxygen atoms in total. The lowest BCUT2D eigenvalue weighted by atomic mass is 10.0. The van der Waals surface area contributed by atoms with E-state index in [4.69, 9.17) is 4.74 Å². The zero-order valence-electron chi connectivity index (χ0n) is 54.1. The van der Waals surface area contributed by atoms with Crippen molar-refractivity contribution in [1.82, 2.24) is 5.32 Å². The Labute approximate surface area is 500 Å². The Balaban J connectivity index is 3.38. The first-order valence-corrected chi connectivity index (χ1v) is 36.3. The second kappa shape index (κ2) is 69.6. The number of esters is 1. The number of nitrogens with one attached hydrogen (secondary N) is 1. The van der Waals surface area contributed by atoms with Crippen molar-refractivity contribution in [3.63, 3.8) is 0 Å². The zero-order valence-corrected chi connectivity index (χ0v) is 54.1. The van der Waals surface area contributed by atoms with Crippen molar-refractivity contribution in [3.8, 4) is 0 Å². The Hall–Kier alpha value is -1.92. The van der Waals surface area contributed by atoms with E-state index in [2.05, 4.69) is 43.5 Å². The van der Waals surface area contributed by atoms with Crippen molar-refractivity contribution in [2.45, 2.75) is 411 Å². The third-order valence-corrected chi connectivity index (χ3v) is 16.9. The molecular formula is C74H141NO5. The molecule has 0 aromatic rings. The minimum absolute atomic E-state index is 0.00922. The smallest absolute Gasteiger partial charge is 0.305 e. The maximum Gasteiger partial charge on any atom is 0.305 e. The summed E-state index contributed by atoms with van der Waals surface area (Å²) in [6.45, 7) is 4.93. The number of carbonyl (C=O) groups excluding carboxylic acids is 2. The van der Waals surface area contributed by atoms with Gasteiger partial charge in [0.25, 0.3) is 0 Å². The molecule has 0 aromatic carbocycles. The number of hydrogen-bond donors (Lipinski definition) is 3. The fourth-order valence-electron chi connectivity index (χ4n) is 11.3. The summed E-state index contributed by atoms with van der Waals surface area (Å²) in [6, 6.07) is -0.627. The SMILES string of the molecule is CCCCCCC/C=C\CCCCCCCC(=O)OCCCCCCCCCCCCCC/C=C\CCCCCCCCCCCCCCCCCC(=O)NC(CO)C(O)/C=C/CCCCCCCCCCCCCCCCCC. The summed E-state index contributed by atoms with van der Waals surface area (Å²) in [6.07, 6.45) is 89.5. The van der Waals surface area contributed by atoms with Gasteiger partial charge in [0.1, 0.15) is 0 Å². The first-order valence-electron chi connectivity index (χ1n) is 36.3. The predicted molar refractivity (Wildman–Crippen MR) is 352 cm³/mol. The Bertz CT molecular complexity index is 1300. The topological polar surface area (TPSA) is 95.9 Å². The molecule has 0 aliphatic carbocycles. The number of hydrogen-bond acceptors (Lipinski definition) is 5. The van der Waals surface area contributed by atoms with Crippen LogP contribution in [0.1, 0.15) is 399 Å². The van der Waals surface area contributed by atoms with E-state index in [1.807, 2.05) is 6.08 Å². The fourth-order valence-corrected chi connectivity index (χ4v) is 11.3.